The summed E-state index contributed by atoms with van der Waals surface area (Å²) in [7, 11) is 1.34. The lowest BCUT2D eigenvalue weighted by molar-refractivity contribution is -0.174. The molecule has 19 heavy (non-hydrogen) atoms. The molecule has 3 N–H and O–H groups in total. The van der Waals surface area contributed by atoms with Gasteiger partial charge in [0.05, 0.1) is 13.7 Å². The Morgan fingerprint density at radius 3 is 2.68 bits per heavy atom. The minimum Gasteiger partial charge on any atom is -0.508 e. The third-order valence-electron chi connectivity index (χ3n) is 2.51. The molecular weight excluding hydrogens is 260 g/mol. The molecule has 1 rings (SSSR count). The number of halogens is 2. The van der Waals surface area contributed by atoms with Gasteiger partial charge >= 0.3 is 11.9 Å². The molecule has 0 heterocycles. The molecule has 0 saturated heterocycles. The number of hydrogen-bond acceptors (Lipinski definition) is 5. The summed E-state index contributed by atoms with van der Waals surface area (Å²) in [5.74, 6) is -5.88. The summed E-state index contributed by atoms with van der Waals surface area (Å²) in [4.78, 5) is 11.2. The fourth-order valence-corrected chi connectivity index (χ4v) is 1.46. The molecule has 0 aliphatic rings. The summed E-state index contributed by atoms with van der Waals surface area (Å²) in [5.41, 5.74) is 5.07. The second-order valence-electron chi connectivity index (χ2n) is 3.75. The average Bonchev–Trinajstić information content (AvgIpc) is 2.38. The molecule has 0 saturated carbocycles. The lowest BCUT2D eigenvalue weighted by atomic mass is 10.00. The van der Waals surface area contributed by atoms with Crippen molar-refractivity contribution >= 4 is 5.97 Å². The number of rotatable bonds is 5. The van der Waals surface area contributed by atoms with Crippen molar-refractivity contribution in [1.82, 2.24) is 0 Å². The van der Waals surface area contributed by atoms with Gasteiger partial charge in [-0.1, -0.05) is 0 Å². The van der Waals surface area contributed by atoms with Crippen LogP contribution in [0.4, 0.5) is 8.78 Å². The van der Waals surface area contributed by atoms with Crippen molar-refractivity contribution in [2.24, 2.45) is 5.73 Å². The minimum atomic E-state index is -3.94. The maximum Gasteiger partial charge on any atom is 0.379 e. The first-order valence-corrected chi connectivity index (χ1v) is 5.52. The number of aromatic hydroxyl groups is 1. The highest BCUT2D eigenvalue weighted by molar-refractivity contribution is 5.79. The number of phenolic OH excluding ortho intramolecular Hbond substituents is 1. The van der Waals surface area contributed by atoms with Gasteiger partial charge in [0.1, 0.15) is 17.5 Å². The molecule has 5 nitrogen and oxygen atoms in total. The molecule has 0 aliphatic heterocycles. The normalized spacial score (nSPS) is 12.9. The van der Waals surface area contributed by atoms with E-state index in [2.05, 4.69) is 4.74 Å². The second-order valence-corrected chi connectivity index (χ2v) is 3.75. The Balaban J connectivity index is 3.11. The Labute approximate surface area is 108 Å². The van der Waals surface area contributed by atoms with Crippen LogP contribution in [0.25, 0.3) is 0 Å². The van der Waals surface area contributed by atoms with Crippen molar-refractivity contribution in [1.29, 1.82) is 0 Å². The van der Waals surface area contributed by atoms with E-state index in [-0.39, 0.29) is 17.9 Å². The van der Waals surface area contributed by atoms with E-state index < -0.39 is 23.7 Å². The highest BCUT2D eigenvalue weighted by Crippen LogP contribution is 2.36. The van der Waals surface area contributed by atoms with Gasteiger partial charge in [-0.2, -0.15) is 8.78 Å². The fraction of sp³-hybridized carbons (Fsp3) is 0.417. The van der Waals surface area contributed by atoms with E-state index in [0.717, 1.165) is 12.1 Å². The van der Waals surface area contributed by atoms with Crippen LogP contribution in [0.3, 0.4) is 0 Å². The quantitative estimate of drug-likeness (QED) is 0.798. The van der Waals surface area contributed by atoms with E-state index in [1.54, 1.807) is 0 Å². The number of phenols is 1. The maximum absolute atomic E-state index is 13.7. The van der Waals surface area contributed by atoms with Crippen LogP contribution in [0.15, 0.2) is 18.2 Å². The molecule has 1 aromatic carbocycles. The van der Waals surface area contributed by atoms with Crippen molar-refractivity contribution in [3.8, 4) is 11.5 Å². The van der Waals surface area contributed by atoms with Gasteiger partial charge in [0.2, 0.25) is 0 Å². The van der Waals surface area contributed by atoms with Crippen molar-refractivity contribution in [2.45, 2.75) is 18.9 Å². The molecule has 1 atom stereocenters. The fourth-order valence-electron chi connectivity index (χ4n) is 1.46. The third kappa shape index (κ3) is 3.11. The molecule has 0 amide bonds. The number of ether oxygens (including phenoxy) is 2. The first-order valence-electron chi connectivity index (χ1n) is 5.52. The van der Waals surface area contributed by atoms with Crippen molar-refractivity contribution < 1.29 is 28.2 Å². The van der Waals surface area contributed by atoms with Crippen LogP contribution in [-0.4, -0.2) is 30.7 Å². The lowest BCUT2D eigenvalue weighted by Gasteiger charge is -2.22. The average molecular weight is 275 g/mol. The Bertz CT molecular complexity index is 465. The predicted molar refractivity (Wildman–Crippen MR) is 63.2 cm³/mol. The number of hydrogen-bond donors (Lipinski definition) is 2. The van der Waals surface area contributed by atoms with E-state index in [0.29, 0.717) is 0 Å². The van der Waals surface area contributed by atoms with Crippen LogP contribution >= 0.6 is 0 Å². The lowest BCUT2D eigenvalue weighted by Crippen LogP contribution is -2.41. The van der Waals surface area contributed by atoms with Crippen molar-refractivity contribution in [2.75, 3.05) is 13.7 Å². The third-order valence-corrected chi connectivity index (χ3v) is 2.51. The molecule has 0 bridgehead atoms. The Hall–Kier alpha value is -1.89. The summed E-state index contributed by atoms with van der Waals surface area (Å²) < 4.78 is 36.6. The molecule has 0 unspecified atom stereocenters. The number of benzene rings is 1. The van der Waals surface area contributed by atoms with E-state index in [9.17, 15) is 18.7 Å². The molecule has 0 aliphatic carbocycles. The van der Waals surface area contributed by atoms with Crippen LogP contribution < -0.4 is 10.5 Å². The Morgan fingerprint density at radius 1 is 1.53 bits per heavy atom. The van der Waals surface area contributed by atoms with Gasteiger partial charge in [-0.05, 0) is 25.1 Å². The van der Waals surface area contributed by atoms with Gasteiger partial charge < -0.3 is 20.3 Å². The topological polar surface area (TPSA) is 81.8 Å². The highest BCUT2D eigenvalue weighted by atomic mass is 19.3. The molecule has 106 valence electrons. The Morgan fingerprint density at radius 2 is 2.16 bits per heavy atom. The molecule has 0 aromatic heterocycles. The number of methoxy groups -OCH3 is 1. The second kappa shape index (κ2) is 5.83. The van der Waals surface area contributed by atoms with Gasteiger partial charge in [0.25, 0.3) is 0 Å². The van der Waals surface area contributed by atoms with Crippen LogP contribution in [0.5, 0.6) is 11.5 Å². The van der Waals surface area contributed by atoms with E-state index in [1.807, 2.05) is 0 Å². The van der Waals surface area contributed by atoms with E-state index >= 15 is 0 Å². The Kier molecular flexibility index (Phi) is 4.66. The first kappa shape index (κ1) is 15.2. The molecule has 0 radical (unpaired) electrons. The molecule has 1 aromatic rings. The highest BCUT2D eigenvalue weighted by Gasteiger charge is 2.48. The largest absolute Gasteiger partial charge is 0.508 e. The van der Waals surface area contributed by atoms with Gasteiger partial charge in [0.15, 0.2) is 0 Å². The summed E-state index contributed by atoms with van der Waals surface area (Å²) in [6.45, 7) is 1.22. The monoisotopic (exact) mass is 275 g/mol. The van der Waals surface area contributed by atoms with Gasteiger partial charge in [-0.3, -0.25) is 0 Å². The van der Waals surface area contributed by atoms with Gasteiger partial charge in [-0.15, -0.1) is 0 Å². The standard InChI is InChI=1S/C12H15F2NO4/c1-3-19-11(17)12(13,14)10(15)8-6-7(18-2)4-5-9(8)16/h4-6,10,16H,3,15H2,1-2H3/t10-/m1/s1. The van der Waals surface area contributed by atoms with Crippen LogP contribution in [0.2, 0.25) is 0 Å². The number of carbonyl (C=O) groups is 1. The number of nitrogens with two attached hydrogens (primary N) is 1. The summed E-state index contributed by atoms with van der Waals surface area (Å²) in [5, 5.41) is 9.55. The summed E-state index contributed by atoms with van der Waals surface area (Å²) in [6.07, 6.45) is 0. The number of esters is 1. The smallest absolute Gasteiger partial charge is 0.379 e. The number of carbonyl (C=O) groups excluding carboxylic acids is 1. The zero-order valence-electron chi connectivity index (χ0n) is 10.5. The van der Waals surface area contributed by atoms with E-state index in [1.165, 1.54) is 20.1 Å². The van der Waals surface area contributed by atoms with Crippen LogP contribution in [0.1, 0.15) is 18.5 Å². The van der Waals surface area contributed by atoms with Crippen LogP contribution in [0, 0.1) is 0 Å². The number of alkyl halides is 2. The summed E-state index contributed by atoms with van der Waals surface area (Å²) in [6, 6.07) is 1.66. The molecular formula is C12H15F2NO4. The summed E-state index contributed by atoms with van der Waals surface area (Å²) >= 11 is 0. The predicted octanol–water partition coefficient (Wildman–Crippen LogP) is 1.60. The van der Waals surface area contributed by atoms with E-state index in [4.69, 9.17) is 10.5 Å². The minimum absolute atomic E-state index is 0.189. The maximum atomic E-state index is 13.7. The van der Waals surface area contributed by atoms with Crippen molar-refractivity contribution in [3.05, 3.63) is 23.8 Å². The van der Waals surface area contributed by atoms with Gasteiger partial charge in [0, 0.05) is 5.56 Å². The van der Waals surface area contributed by atoms with Gasteiger partial charge in [-0.25, -0.2) is 4.79 Å². The molecule has 7 heteroatoms. The van der Waals surface area contributed by atoms with Crippen molar-refractivity contribution in [3.63, 3.8) is 0 Å². The molecule has 0 spiro atoms. The van der Waals surface area contributed by atoms with Crippen LogP contribution in [-0.2, 0) is 9.53 Å². The zero-order chi connectivity index (χ0) is 14.6. The molecule has 0 fully saturated rings. The SMILES string of the molecule is CCOC(=O)C(F)(F)[C@H](N)c1cc(OC)ccc1O. The zero-order valence-corrected chi connectivity index (χ0v) is 10.5. The first-order chi connectivity index (χ1) is 8.84.